The number of aromatic amines is 1. The molecule has 1 fully saturated rings. The van der Waals surface area contributed by atoms with Crippen LogP contribution in [0.25, 0.3) is 10.9 Å². The standard InChI is InChI=1S/C20H24N4O2/c1-25-13-20-23-18(15-7-9-26-12-15)10-19(24-20)21-8-6-14-11-22-17-5-3-2-4-16(14)17/h2-5,10-11,15,22H,6-9,12-13H2,1H3,(H,21,23,24). The van der Waals surface area contributed by atoms with Crippen LogP contribution in [0.5, 0.6) is 0 Å². The number of H-pyrrole nitrogens is 1. The zero-order chi connectivity index (χ0) is 17.8. The molecule has 3 aromatic rings. The molecule has 6 heteroatoms. The number of anilines is 1. The van der Waals surface area contributed by atoms with E-state index < -0.39 is 0 Å². The van der Waals surface area contributed by atoms with Gasteiger partial charge in [0.15, 0.2) is 5.82 Å². The number of nitrogens with one attached hydrogen (secondary N) is 2. The van der Waals surface area contributed by atoms with Crippen molar-refractivity contribution >= 4 is 16.7 Å². The number of hydrogen-bond acceptors (Lipinski definition) is 5. The Labute approximate surface area is 153 Å². The molecular formula is C20H24N4O2. The highest BCUT2D eigenvalue weighted by Gasteiger charge is 2.20. The van der Waals surface area contributed by atoms with Crippen molar-refractivity contribution in [3.05, 3.63) is 53.6 Å². The molecule has 0 spiro atoms. The Balaban J connectivity index is 1.46. The maximum Gasteiger partial charge on any atom is 0.156 e. The Kier molecular flexibility index (Phi) is 5.13. The molecule has 0 radical (unpaired) electrons. The minimum absolute atomic E-state index is 0.350. The molecule has 1 aromatic carbocycles. The number of ether oxygens (including phenoxy) is 2. The first-order valence-corrected chi connectivity index (χ1v) is 9.07. The van der Waals surface area contributed by atoms with Crippen LogP contribution < -0.4 is 5.32 Å². The van der Waals surface area contributed by atoms with Gasteiger partial charge in [0, 0.05) is 49.3 Å². The van der Waals surface area contributed by atoms with E-state index in [2.05, 4.69) is 44.7 Å². The molecule has 0 bridgehead atoms. The summed E-state index contributed by atoms with van der Waals surface area (Å²) in [7, 11) is 1.67. The van der Waals surface area contributed by atoms with Gasteiger partial charge < -0.3 is 19.8 Å². The predicted molar refractivity (Wildman–Crippen MR) is 101 cm³/mol. The topological polar surface area (TPSA) is 72.1 Å². The number of para-hydroxylation sites is 1. The molecule has 1 aliphatic rings. The van der Waals surface area contributed by atoms with Crippen LogP contribution in [0.3, 0.4) is 0 Å². The Hall–Kier alpha value is -2.44. The van der Waals surface area contributed by atoms with Crippen LogP contribution in [-0.4, -0.2) is 41.8 Å². The molecule has 136 valence electrons. The van der Waals surface area contributed by atoms with Crippen molar-refractivity contribution in [1.29, 1.82) is 0 Å². The van der Waals surface area contributed by atoms with Crippen LogP contribution >= 0.6 is 0 Å². The summed E-state index contributed by atoms with van der Waals surface area (Å²) in [6.07, 6.45) is 4.03. The molecule has 1 aliphatic heterocycles. The molecule has 0 amide bonds. The van der Waals surface area contributed by atoms with Crippen LogP contribution in [0.15, 0.2) is 36.5 Å². The fourth-order valence-electron chi connectivity index (χ4n) is 3.44. The van der Waals surface area contributed by atoms with Crippen LogP contribution in [0.4, 0.5) is 5.82 Å². The number of hydrogen-bond donors (Lipinski definition) is 2. The minimum atomic E-state index is 0.350. The Morgan fingerprint density at radius 3 is 3.08 bits per heavy atom. The molecule has 6 nitrogen and oxygen atoms in total. The van der Waals surface area contributed by atoms with Crippen molar-refractivity contribution in [3.63, 3.8) is 0 Å². The molecule has 0 aliphatic carbocycles. The maximum absolute atomic E-state index is 5.51. The Morgan fingerprint density at radius 1 is 1.31 bits per heavy atom. The summed E-state index contributed by atoms with van der Waals surface area (Å²) in [5, 5.41) is 4.73. The van der Waals surface area contributed by atoms with Crippen molar-refractivity contribution in [2.24, 2.45) is 0 Å². The van der Waals surface area contributed by atoms with Gasteiger partial charge in [0.25, 0.3) is 0 Å². The second kappa shape index (κ2) is 7.85. The smallest absolute Gasteiger partial charge is 0.156 e. The summed E-state index contributed by atoms with van der Waals surface area (Å²) >= 11 is 0. The predicted octanol–water partition coefficient (Wildman–Crippen LogP) is 3.26. The first-order chi connectivity index (χ1) is 12.8. The zero-order valence-electron chi connectivity index (χ0n) is 15.0. The van der Waals surface area contributed by atoms with E-state index in [-0.39, 0.29) is 0 Å². The van der Waals surface area contributed by atoms with E-state index >= 15 is 0 Å². The van der Waals surface area contributed by atoms with Gasteiger partial charge in [-0.2, -0.15) is 0 Å². The zero-order valence-corrected chi connectivity index (χ0v) is 15.0. The van der Waals surface area contributed by atoms with E-state index in [0.29, 0.717) is 18.3 Å². The summed E-state index contributed by atoms with van der Waals surface area (Å²) in [6, 6.07) is 10.4. The number of benzene rings is 1. The molecule has 0 saturated carbocycles. The maximum atomic E-state index is 5.51. The highest BCUT2D eigenvalue weighted by molar-refractivity contribution is 5.83. The van der Waals surface area contributed by atoms with E-state index in [1.54, 1.807) is 7.11 Å². The average molecular weight is 352 g/mol. The summed E-state index contributed by atoms with van der Waals surface area (Å²) in [4.78, 5) is 12.5. The van der Waals surface area contributed by atoms with E-state index in [1.807, 2.05) is 12.1 Å². The largest absolute Gasteiger partial charge is 0.381 e. The molecule has 4 rings (SSSR count). The Morgan fingerprint density at radius 2 is 2.23 bits per heavy atom. The molecule has 1 unspecified atom stereocenters. The fraction of sp³-hybridized carbons (Fsp3) is 0.400. The van der Waals surface area contributed by atoms with Gasteiger partial charge in [-0.15, -0.1) is 0 Å². The molecule has 1 atom stereocenters. The first kappa shape index (κ1) is 17.0. The quantitative estimate of drug-likeness (QED) is 0.683. The van der Waals surface area contributed by atoms with Crippen LogP contribution in [0.1, 0.15) is 29.4 Å². The molecule has 3 heterocycles. The van der Waals surface area contributed by atoms with E-state index in [0.717, 1.165) is 44.1 Å². The van der Waals surface area contributed by atoms with Crippen LogP contribution in [-0.2, 0) is 22.5 Å². The van der Waals surface area contributed by atoms with E-state index in [1.165, 1.54) is 16.5 Å². The number of aromatic nitrogens is 3. The lowest BCUT2D eigenvalue weighted by Gasteiger charge is -2.12. The van der Waals surface area contributed by atoms with Gasteiger partial charge in [-0.1, -0.05) is 18.2 Å². The Bertz CT molecular complexity index is 871. The van der Waals surface area contributed by atoms with Crippen LogP contribution in [0, 0.1) is 0 Å². The normalized spacial score (nSPS) is 17.0. The van der Waals surface area contributed by atoms with Crippen LogP contribution in [0.2, 0.25) is 0 Å². The lowest BCUT2D eigenvalue weighted by Crippen LogP contribution is -2.12. The highest BCUT2D eigenvalue weighted by Crippen LogP contribution is 2.25. The summed E-state index contributed by atoms with van der Waals surface area (Å²) in [5.74, 6) is 1.92. The molecular weight excluding hydrogens is 328 g/mol. The molecule has 2 N–H and O–H groups in total. The van der Waals surface area contributed by atoms with E-state index in [9.17, 15) is 0 Å². The van der Waals surface area contributed by atoms with Gasteiger partial charge in [0.05, 0.1) is 12.3 Å². The van der Waals surface area contributed by atoms with Gasteiger partial charge in [0.2, 0.25) is 0 Å². The SMILES string of the molecule is COCc1nc(NCCc2c[nH]c3ccccc23)cc(C2CCOC2)n1. The first-order valence-electron chi connectivity index (χ1n) is 9.07. The van der Waals surface area contributed by atoms with Gasteiger partial charge in [-0.05, 0) is 24.5 Å². The summed E-state index contributed by atoms with van der Waals surface area (Å²) < 4.78 is 10.7. The lowest BCUT2D eigenvalue weighted by molar-refractivity contribution is 0.177. The van der Waals surface area contributed by atoms with Crippen molar-refractivity contribution in [2.75, 3.05) is 32.2 Å². The third-order valence-corrected chi connectivity index (χ3v) is 4.79. The fourth-order valence-corrected chi connectivity index (χ4v) is 3.44. The lowest BCUT2D eigenvalue weighted by atomic mass is 10.0. The number of fused-ring (bicyclic) bond motifs is 1. The molecule has 2 aromatic heterocycles. The van der Waals surface area contributed by atoms with Crippen molar-refractivity contribution in [1.82, 2.24) is 15.0 Å². The highest BCUT2D eigenvalue weighted by atomic mass is 16.5. The monoisotopic (exact) mass is 352 g/mol. The number of methoxy groups -OCH3 is 1. The molecule has 1 saturated heterocycles. The van der Waals surface area contributed by atoms with Gasteiger partial charge in [-0.3, -0.25) is 0 Å². The van der Waals surface area contributed by atoms with Gasteiger partial charge in [0.1, 0.15) is 12.4 Å². The summed E-state index contributed by atoms with van der Waals surface area (Å²) in [5.41, 5.74) is 3.53. The second-order valence-corrected chi connectivity index (χ2v) is 6.62. The minimum Gasteiger partial charge on any atom is -0.381 e. The number of nitrogens with zero attached hydrogens (tertiary/aromatic N) is 2. The number of rotatable bonds is 7. The van der Waals surface area contributed by atoms with Gasteiger partial charge in [-0.25, -0.2) is 9.97 Å². The van der Waals surface area contributed by atoms with Gasteiger partial charge >= 0.3 is 0 Å². The second-order valence-electron chi connectivity index (χ2n) is 6.62. The van der Waals surface area contributed by atoms with Crippen molar-refractivity contribution in [3.8, 4) is 0 Å². The summed E-state index contributed by atoms with van der Waals surface area (Å²) in [6.45, 7) is 2.76. The average Bonchev–Trinajstić information content (AvgIpc) is 3.32. The third-order valence-electron chi connectivity index (χ3n) is 4.79. The van der Waals surface area contributed by atoms with Crippen molar-refractivity contribution < 1.29 is 9.47 Å². The third kappa shape index (κ3) is 3.71. The van der Waals surface area contributed by atoms with E-state index in [4.69, 9.17) is 9.47 Å². The molecule has 26 heavy (non-hydrogen) atoms. The van der Waals surface area contributed by atoms with Crippen molar-refractivity contribution in [2.45, 2.75) is 25.4 Å².